The van der Waals surface area contributed by atoms with Crippen molar-refractivity contribution in [3.05, 3.63) is 0 Å². The van der Waals surface area contributed by atoms with Crippen molar-refractivity contribution in [3.63, 3.8) is 0 Å². The number of hydrogen-bond acceptors (Lipinski definition) is 5. The van der Waals surface area contributed by atoms with Crippen LogP contribution in [0.4, 0.5) is 24.0 Å². The lowest BCUT2D eigenvalue weighted by atomic mass is 10.4. The van der Waals surface area contributed by atoms with Crippen LogP contribution in [0.2, 0.25) is 0 Å². The second-order valence-corrected chi connectivity index (χ2v) is 4.76. The number of halogens is 3. The van der Waals surface area contributed by atoms with Crippen LogP contribution >= 0.6 is 23.3 Å². The normalized spacial score (nSPS) is 11.8. The fraction of sp³-hybridized carbons (Fsp3) is 0.625. The summed E-state index contributed by atoms with van der Waals surface area (Å²) >= 11 is 2.51. The second kappa shape index (κ2) is 5.13. The third-order valence-corrected chi connectivity index (χ3v) is 3.86. The largest absolute Gasteiger partial charge is 0.390 e. The maximum Gasteiger partial charge on any atom is 0.390 e. The van der Waals surface area contributed by atoms with Gasteiger partial charge in [0.1, 0.15) is 5.00 Å². The Morgan fingerprint density at radius 2 is 2.12 bits per heavy atom. The number of rotatable bonds is 4. The van der Waals surface area contributed by atoms with Crippen LogP contribution in [0.15, 0.2) is 4.90 Å². The third-order valence-electron chi connectivity index (χ3n) is 1.94. The van der Waals surface area contributed by atoms with E-state index in [1.54, 1.807) is 7.05 Å². The van der Waals surface area contributed by atoms with Gasteiger partial charge in [0.15, 0.2) is 5.82 Å². The monoisotopic (exact) mass is 271 g/mol. The molecule has 1 rings (SSSR count). The van der Waals surface area contributed by atoms with Gasteiger partial charge in [-0.1, -0.05) is 0 Å². The molecular weight excluding hydrogens is 259 g/mol. The molecule has 16 heavy (non-hydrogen) atoms. The topological polar surface area (TPSA) is 42.1 Å². The van der Waals surface area contributed by atoms with Crippen molar-refractivity contribution in [2.75, 3.05) is 30.5 Å². The molecule has 3 nitrogen and oxygen atoms in total. The summed E-state index contributed by atoms with van der Waals surface area (Å²) in [6, 6.07) is 0. The number of thioether (sulfide) groups is 1. The first-order valence-electron chi connectivity index (χ1n) is 4.42. The molecule has 1 aromatic heterocycles. The smallest absolute Gasteiger partial charge is 0.382 e. The Hall–Kier alpha value is -0.630. The standard InChI is InChI=1S/C8H12F3N3S2/c1-14(4-3-8(9,10)11)7-5(15-2)6(12)13-16-7/h3-4H2,1-2H3,(H2,12,13). The van der Waals surface area contributed by atoms with Crippen molar-refractivity contribution in [3.8, 4) is 0 Å². The minimum Gasteiger partial charge on any atom is -0.382 e. The van der Waals surface area contributed by atoms with E-state index in [4.69, 9.17) is 5.73 Å². The van der Waals surface area contributed by atoms with Gasteiger partial charge >= 0.3 is 6.18 Å². The molecule has 0 aliphatic carbocycles. The Bertz CT molecular complexity index is 351. The number of nitrogen functional groups attached to an aromatic ring is 1. The van der Waals surface area contributed by atoms with Crippen molar-refractivity contribution >= 4 is 34.1 Å². The first-order valence-corrected chi connectivity index (χ1v) is 6.42. The molecule has 1 heterocycles. The highest BCUT2D eigenvalue weighted by Gasteiger charge is 2.28. The van der Waals surface area contributed by atoms with E-state index in [0.29, 0.717) is 10.8 Å². The van der Waals surface area contributed by atoms with Crippen molar-refractivity contribution in [2.24, 2.45) is 0 Å². The molecule has 0 fully saturated rings. The lowest BCUT2D eigenvalue weighted by molar-refractivity contribution is -0.132. The van der Waals surface area contributed by atoms with E-state index < -0.39 is 12.6 Å². The first-order chi connectivity index (χ1) is 7.35. The van der Waals surface area contributed by atoms with Gasteiger partial charge in [0.05, 0.1) is 11.3 Å². The fourth-order valence-electron chi connectivity index (χ4n) is 1.12. The Morgan fingerprint density at radius 1 is 1.50 bits per heavy atom. The Morgan fingerprint density at radius 3 is 2.62 bits per heavy atom. The molecule has 0 spiro atoms. The van der Waals surface area contributed by atoms with Gasteiger partial charge in [-0.25, -0.2) is 0 Å². The Balaban J connectivity index is 2.69. The zero-order chi connectivity index (χ0) is 12.3. The minimum absolute atomic E-state index is 0.0846. The highest BCUT2D eigenvalue weighted by molar-refractivity contribution is 7.99. The molecule has 92 valence electrons. The van der Waals surface area contributed by atoms with E-state index in [-0.39, 0.29) is 6.54 Å². The average Bonchev–Trinajstić information content (AvgIpc) is 2.54. The molecule has 0 saturated carbocycles. The summed E-state index contributed by atoms with van der Waals surface area (Å²) in [4.78, 5) is 2.28. The lowest BCUT2D eigenvalue weighted by Gasteiger charge is -2.18. The van der Waals surface area contributed by atoms with E-state index in [1.807, 2.05) is 6.26 Å². The second-order valence-electron chi connectivity index (χ2n) is 3.19. The molecule has 8 heteroatoms. The summed E-state index contributed by atoms with van der Waals surface area (Å²) in [5, 5.41) is 0.689. The number of hydrogen-bond donors (Lipinski definition) is 1. The summed E-state index contributed by atoms with van der Waals surface area (Å²) < 4.78 is 40.1. The van der Waals surface area contributed by atoms with Crippen molar-refractivity contribution in [1.29, 1.82) is 0 Å². The predicted molar refractivity (Wildman–Crippen MR) is 62.2 cm³/mol. The van der Waals surface area contributed by atoms with Gasteiger partial charge in [0.2, 0.25) is 0 Å². The quantitative estimate of drug-likeness (QED) is 0.855. The summed E-state index contributed by atoms with van der Waals surface area (Å²) in [6.45, 7) is -0.0846. The van der Waals surface area contributed by atoms with Crippen LogP contribution in [-0.4, -0.2) is 30.4 Å². The fourth-order valence-corrected chi connectivity index (χ4v) is 2.81. The molecular formula is C8H12F3N3S2. The highest BCUT2D eigenvalue weighted by Crippen LogP contribution is 2.37. The highest BCUT2D eigenvalue weighted by atomic mass is 32.2. The Kier molecular flexibility index (Phi) is 4.31. The maximum atomic E-state index is 12.1. The molecule has 1 aromatic rings. The predicted octanol–water partition coefficient (Wildman–Crippen LogP) is 2.84. The molecule has 0 unspecified atom stereocenters. The molecule has 0 atom stereocenters. The van der Waals surface area contributed by atoms with E-state index in [2.05, 4.69) is 4.37 Å². The number of nitrogens with two attached hydrogens (primary N) is 1. The first kappa shape index (κ1) is 13.4. The molecule has 0 aliphatic rings. The van der Waals surface area contributed by atoms with Gasteiger partial charge in [-0.05, 0) is 17.8 Å². The summed E-state index contributed by atoms with van der Waals surface area (Å²) in [5.74, 6) is 0.381. The van der Waals surface area contributed by atoms with Crippen LogP contribution in [0.3, 0.4) is 0 Å². The van der Waals surface area contributed by atoms with E-state index in [9.17, 15) is 13.2 Å². The van der Waals surface area contributed by atoms with Crippen LogP contribution in [0.25, 0.3) is 0 Å². The number of aromatic nitrogens is 1. The van der Waals surface area contributed by atoms with Crippen molar-refractivity contribution < 1.29 is 13.2 Å². The van der Waals surface area contributed by atoms with Gasteiger partial charge in [-0.2, -0.15) is 17.5 Å². The van der Waals surface area contributed by atoms with Crippen LogP contribution < -0.4 is 10.6 Å². The lowest BCUT2D eigenvalue weighted by Crippen LogP contribution is -2.23. The molecule has 0 radical (unpaired) electrons. The third kappa shape index (κ3) is 3.44. The molecule has 0 aliphatic heterocycles. The van der Waals surface area contributed by atoms with Gasteiger partial charge in [0, 0.05) is 13.6 Å². The zero-order valence-corrected chi connectivity index (χ0v) is 10.5. The van der Waals surface area contributed by atoms with E-state index >= 15 is 0 Å². The molecule has 2 N–H and O–H groups in total. The van der Waals surface area contributed by atoms with Gasteiger partial charge in [-0.15, -0.1) is 11.8 Å². The van der Waals surface area contributed by atoms with Crippen LogP contribution in [0.1, 0.15) is 6.42 Å². The van der Waals surface area contributed by atoms with Crippen molar-refractivity contribution in [2.45, 2.75) is 17.5 Å². The number of nitrogens with zero attached hydrogens (tertiary/aromatic N) is 2. The number of alkyl halides is 3. The SMILES string of the molecule is CSc1c(N)nsc1N(C)CCC(F)(F)F. The summed E-state index contributed by atoms with van der Waals surface area (Å²) in [7, 11) is 1.61. The summed E-state index contributed by atoms with van der Waals surface area (Å²) in [5.41, 5.74) is 5.60. The van der Waals surface area contributed by atoms with Gasteiger partial charge in [0.25, 0.3) is 0 Å². The maximum absolute atomic E-state index is 12.1. The van der Waals surface area contributed by atoms with E-state index in [1.165, 1.54) is 16.7 Å². The molecule has 0 bridgehead atoms. The van der Waals surface area contributed by atoms with Crippen molar-refractivity contribution in [1.82, 2.24) is 4.37 Å². The van der Waals surface area contributed by atoms with Crippen LogP contribution in [0, 0.1) is 0 Å². The van der Waals surface area contributed by atoms with Gasteiger partial charge in [-0.3, -0.25) is 0 Å². The zero-order valence-electron chi connectivity index (χ0n) is 8.84. The Labute approximate surface area is 100.0 Å². The van der Waals surface area contributed by atoms with E-state index in [0.717, 1.165) is 16.4 Å². The summed E-state index contributed by atoms with van der Waals surface area (Å²) in [6.07, 6.45) is -3.15. The molecule has 0 aromatic carbocycles. The van der Waals surface area contributed by atoms with Gasteiger partial charge < -0.3 is 10.6 Å². The minimum atomic E-state index is -4.13. The molecule has 0 saturated heterocycles. The van der Waals surface area contributed by atoms with Crippen LogP contribution in [-0.2, 0) is 0 Å². The average molecular weight is 271 g/mol. The molecule has 0 amide bonds. The van der Waals surface area contributed by atoms with Crippen LogP contribution in [0.5, 0.6) is 0 Å². The number of anilines is 2.